The molecule has 1 fully saturated rings. The van der Waals surface area contributed by atoms with Gasteiger partial charge >= 0.3 is 0 Å². The summed E-state index contributed by atoms with van der Waals surface area (Å²) >= 11 is 6.24. The van der Waals surface area contributed by atoms with E-state index >= 15 is 0 Å². The molecule has 2 N–H and O–H groups in total. The highest BCUT2D eigenvalue weighted by atomic mass is 32.2. The molecular formula is C7H8N2OS2. The molecule has 0 aromatic carbocycles. The molecule has 0 aromatic rings. The summed E-state index contributed by atoms with van der Waals surface area (Å²) in [5.41, 5.74) is 5.40. The smallest absolute Gasteiger partial charge is 0.228 e. The Morgan fingerprint density at radius 1 is 1.83 bits per heavy atom. The molecule has 0 aliphatic carbocycles. The van der Waals surface area contributed by atoms with Crippen LogP contribution in [0, 0.1) is 0 Å². The first-order valence-corrected chi connectivity index (χ1v) is 4.93. The lowest BCUT2D eigenvalue weighted by molar-refractivity contribution is -0.139. The lowest BCUT2D eigenvalue weighted by atomic mass is 10.0. The summed E-state index contributed by atoms with van der Waals surface area (Å²) in [6.45, 7) is 0. The van der Waals surface area contributed by atoms with Gasteiger partial charge in [-0.2, -0.15) is 0 Å². The molecule has 2 aliphatic rings. The standard InChI is InChI=1S/C7H8N2OS2/c8-7(11)12-5-1-2-9-4(5)3-6(9)10/h1-2,4-5H,3H2,(H2,8,11). The largest absolute Gasteiger partial charge is 0.385 e. The molecule has 1 saturated heterocycles. The number of rotatable bonds is 1. The number of thioether (sulfide) groups is 1. The third-order valence-corrected chi connectivity index (χ3v) is 3.36. The van der Waals surface area contributed by atoms with Crippen molar-refractivity contribution in [2.45, 2.75) is 17.7 Å². The molecular weight excluding hydrogens is 192 g/mol. The number of fused-ring (bicyclic) bond motifs is 1. The van der Waals surface area contributed by atoms with Crippen LogP contribution in [0.4, 0.5) is 0 Å². The predicted molar refractivity (Wildman–Crippen MR) is 52.6 cm³/mol. The molecule has 2 heterocycles. The van der Waals surface area contributed by atoms with E-state index in [1.54, 1.807) is 4.90 Å². The van der Waals surface area contributed by atoms with Gasteiger partial charge in [-0.3, -0.25) is 4.79 Å². The average Bonchev–Trinajstić information content (AvgIpc) is 2.26. The van der Waals surface area contributed by atoms with Crippen LogP contribution in [-0.2, 0) is 4.79 Å². The van der Waals surface area contributed by atoms with E-state index in [0.29, 0.717) is 16.8 Å². The van der Waals surface area contributed by atoms with Crippen molar-refractivity contribution in [2.75, 3.05) is 0 Å². The maximum atomic E-state index is 10.9. The minimum absolute atomic E-state index is 0.197. The third-order valence-electron chi connectivity index (χ3n) is 2.10. The molecule has 0 radical (unpaired) electrons. The van der Waals surface area contributed by atoms with E-state index in [2.05, 4.69) is 0 Å². The van der Waals surface area contributed by atoms with E-state index in [0.717, 1.165) is 0 Å². The lowest BCUT2D eigenvalue weighted by Gasteiger charge is -2.36. The topological polar surface area (TPSA) is 46.3 Å². The molecule has 2 rings (SSSR count). The molecule has 2 aliphatic heterocycles. The minimum Gasteiger partial charge on any atom is -0.385 e. The van der Waals surface area contributed by atoms with Crippen LogP contribution in [0.1, 0.15) is 6.42 Å². The van der Waals surface area contributed by atoms with E-state index in [9.17, 15) is 4.79 Å². The summed E-state index contributed by atoms with van der Waals surface area (Å²) in [6, 6.07) is 0.309. The number of carbonyl (C=O) groups is 1. The average molecular weight is 200 g/mol. The maximum Gasteiger partial charge on any atom is 0.228 e. The number of nitrogens with zero attached hydrogens (tertiary/aromatic N) is 1. The van der Waals surface area contributed by atoms with Gasteiger partial charge in [0.15, 0.2) is 0 Å². The number of thiocarbonyl (C=S) groups is 1. The maximum absolute atomic E-state index is 10.9. The molecule has 0 aromatic heterocycles. The van der Waals surface area contributed by atoms with E-state index in [-0.39, 0.29) is 11.2 Å². The Hall–Kier alpha value is -0.550. The van der Waals surface area contributed by atoms with Gasteiger partial charge in [0, 0.05) is 12.6 Å². The van der Waals surface area contributed by atoms with E-state index in [4.69, 9.17) is 18.0 Å². The first-order chi connectivity index (χ1) is 5.68. The van der Waals surface area contributed by atoms with Crippen molar-refractivity contribution in [3.8, 4) is 0 Å². The van der Waals surface area contributed by atoms with Crippen molar-refractivity contribution in [1.29, 1.82) is 0 Å². The fourth-order valence-electron chi connectivity index (χ4n) is 1.48. The van der Waals surface area contributed by atoms with E-state index in [1.165, 1.54) is 11.8 Å². The number of hydrogen-bond donors (Lipinski definition) is 1. The van der Waals surface area contributed by atoms with Crippen LogP contribution in [0.3, 0.4) is 0 Å². The van der Waals surface area contributed by atoms with Gasteiger partial charge in [0.25, 0.3) is 0 Å². The number of carbonyl (C=O) groups excluding carboxylic acids is 1. The van der Waals surface area contributed by atoms with Crippen molar-refractivity contribution in [2.24, 2.45) is 5.73 Å². The van der Waals surface area contributed by atoms with Crippen molar-refractivity contribution in [3.63, 3.8) is 0 Å². The molecule has 1 amide bonds. The van der Waals surface area contributed by atoms with Crippen LogP contribution in [0.5, 0.6) is 0 Å². The van der Waals surface area contributed by atoms with Crippen LogP contribution in [0.25, 0.3) is 0 Å². The van der Waals surface area contributed by atoms with Gasteiger partial charge in [0.2, 0.25) is 5.91 Å². The van der Waals surface area contributed by atoms with Crippen LogP contribution < -0.4 is 5.73 Å². The third kappa shape index (κ3) is 1.13. The molecule has 2 atom stereocenters. The summed E-state index contributed by atoms with van der Waals surface area (Å²) < 4.78 is 0.450. The summed E-state index contributed by atoms with van der Waals surface area (Å²) in [5, 5.41) is 0.278. The summed E-state index contributed by atoms with van der Waals surface area (Å²) in [7, 11) is 0. The fourth-order valence-corrected chi connectivity index (χ4v) is 2.62. The summed E-state index contributed by atoms with van der Waals surface area (Å²) in [4.78, 5) is 12.7. The molecule has 64 valence electrons. The van der Waals surface area contributed by atoms with Gasteiger partial charge < -0.3 is 10.6 Å². The Bertz CT molecular complexity index is 277. The monoisotopic (exact) mass is 200 g/mol. The van der Waals surface area contributed by atoms with Gasteiger partial charge in [-0.05, 0) is 0 Å². The molecule has 0 bridgehead atoms. The fraction of sp³-hybridized carbons (Fsp3) is 0.429. The molecule has 12 heavy (non-hydrogen) atoms. The van der Waals surface area contributed by atoms with Crippen LogP contribution in [0.2, 0.25) is 0 Å². The summed E-state index contributed by atoms with van der Waals surface area (Å²) in [6.07, 6.45) is 4.44. The van der Waals surface area contributed by atoms with Crippen molar-refractivity contribution in [3.05, 3.63) is 12.3 Å². The molecule has 5 heteroatoms. The second-order valence-corrected chi connectivity index (χ2v) is 4.73. The van der Waals surface area contributed by atoms with Crippen LogP contribution >= 0.6 is 24.0 Å². The summed E-state index contributed by atoms with van der Waals surface area (Å²) in [5.74, 6) is 0.197. The van der Waals surface area contributed by atoms with Crippen LogP contribution in [0.15, 0.2) is 12.3 Å². The predicted octanol–water partition coefficient (Wildman–Crippen LogP) is 0.460. The van der Waals surface area contributed by atoms with Gasteiger partial charge in [0.05, 0.1) is 11.3 Å². The van der Waals surface area contributed by atoms with E-state index in [1.807, 2.05) is 12.3 Å². The Morgan fingerprint density at radius 2 is 2.58 bits per heavy atom. The normalized spacial score (nSPS) is 31.7. The quantitative estimate of drug-likeness (QED) is 0.493. The molecule has 2 unspecified atom stereocenters. The minimum atomic E-state index is 0.197. The van der Waals surface area contributed by atoms with Crippen molar-refractivity contribution >= 4 is 34.2 Å². The van der Waals surface area contributed by atoms with Gasteiger partial charge in [-0.25, -0.2) is 0 Å². The Morgan fingerprint density at radius 3 is 3.08 bits per heavy atom. The second-order valence-electron chi connectivity index (χ2n) is 2.82. The highest BCUT2D eigenvalue weighted by Gasteiger charge is 2.43. The van der Waals surface area contributed by atoms with Gasteiger partial charge in [-0.15, -0.1) is 0 Å². The Kier molecular flexibility index (Phi) is 1.84. The Balaban J connectivity index is 2.00. The van der Waals surface area contributed by atoms with Crippen molar-refractivity contribution in [1.82, 2.24) is 4.90 Å². The molecule has 0 spiro atoms. The lowest BCUT2D eigenvalue weighted by Crippen LogP contribution is -2.50. The number of nitrogens with two attached hydrogens (primary N) is 1. The highest BCUT2D eigenvalue weighted by molar-refractivity contribution is 8.23. The first-order valence-electron chi connectivity index (χ1n) is 3.64. The number of amides is 1. The SMILES string of the molecule is NC(=S)SC1C=CN2C(=O)CC12. The van der Waals surface area contributed by atoms with Gasteiger partial charge in [0.1, 0.15) is 4.32 Å². The van der Waals surface area contributed by atoms with Crippen molar-refractivity contribution < 1.29 is 4.79 Å². The molecule has 3 nitrogen and oxygen atoms in total. The zero-order valence-electron chi connectivity index (χ0n) is 6.27. The Labute approximate surface area is 80.0 Å². The first kappa shape index (κ1) is 8.07. The van der Waals surface area contributed by atoms with E-state index < -0.39 is 0 Å². The zero-order valence-corrected chi connectivity index (χ0v) is 7.90. The van der Waals surface area contributed by atoms with Gasteiger partial charge in [-0.1, -0.05) is 30.1 Å². The number of β-lactam (4-membered cyclic amide) rings is 1. The number of hydrogen-bond acceptors (Lipinski definition) is 3. The zero-order chi connectivity index (χ0) is 8.72. The highest BCUT2D eigenvalue weighted by Crippen LogP contribution is 2.35. The van der Waals surface area contributed by atoms with Crippen LogP contribution in [-0.4, -0.2) is 26.4 Å². The molecule has 0 saturated carbocycles. The second kappa shape index (κ2) is 2.74.